The third-order valence-corrected chi connectivity index (χ3v) is 3.90. The highest BCUT2D eigenvalue weighted by Gasteiger charge is 2.28. The van der Waals surface area contributed by atoms with E-state index in [9.17, 15) is 9.59 Å². The molecule has 0 saturated carbocycles. The molecule has 1 aromatic rings. The van der Waals surface area contributed by atoms with E-state index in [1.807, 2.05) is 0 Å². The third-order valence-electron chi connectivity index (χ3n) is 3.90. The number of urea groups is 1. The Morgan fingerprint density at radius 3 is 3.00 bits per heavy atom. The fourth-order valence-electron chi connectivity index (χ4n) is 2.76. The number of aromatic nitrogens is 2. The minimum Gasteiger partial charge on any atom is -0.378 e. The maximum Gasteiger partial charge on any atom is 0.319 e. The first-order chi connectivity index (χ1) is 10.5. The summed E-state index contributed by atoms with van der Waals surface area (Å²) in [4.78, 5) is 23.4. The van der Waals surface area contributed by atoms with Gasteiger partial charge in [-0.05, 0) is 18.8 Å². The van der Waals surface area contributed by atoms with Gasteiger partial charge in [0, 0.05) is 32.2 Å². The summed E-state index contributed by atoms with van der Waals surface area (Å²) in [6.07, 6.45) is 3.70. The predicted octanol–water partition coefficient (Wildman–Crippen LogP) is 1.35. The lowest BCUT2D eigenvalue weighted by molar-refractivity contribution is -0.0507. The summed E-state index contributed by atoms with van der Waals surface area (Å²) in [6.45, 7) is 5.63. The monoisotopic (exact) mass is 308 g/mol. The zero-order valence-electron chi connectivity index (χ0n) is 13.3. The summed E-state index contributed by atoms with van der Waals surface area (Å²) in [6, 6.07) is 1.01. The van der Waals surface area contributed by atoms with Crippen molar-refractivity contribution in [3.63, 3.8) is 0 Å². The molecule has 1 saturated heterocycles. The van der Waals surface area contributed by atoms with Crippen LogP contribution in [-0.4, -0.2) is 35.1 Å². The molecule has 7 nitrogen and oxygen atoms in total. The number of amides is 2. The van der Waals surface area contributed by atoms with Gasteiger partial charge in [0.15, 0.2) is 0 Å². The average Bonchev–Trinajstić information content (AvgIpc) is 2.49. The SMILES string of the molecule is CC(C)C1OCCCC1CNC(=O)Nc1cnn(C)c(=O)c1. The summed E-state index contributed by atoms with van der Waals surface area (Å²) in [5.74, 6) is 0.748. The van der Waals surface area contributed by atoms with Crippen LogP contribution in [0.5, 0.6) is 0 Å². The topological polar surface area (TPSA) is 85.2 Å². The van der Waals surface area contributed by atoms with E-state index >= 15 is 0 Å². The lowest BCUT2D eigenvalue weighted by Gasteiger charge is -2.34. The highest BCUT2D eigenvalue weighted by molar-refractivity contribution is 5.88. The van der Waals surface area contributed by atoms with E-state index < -0.39 is 0 Å². The molecule has 0 bridgehead atoms. The van der Waals surface area contributed by atoms with Gasteiger partial charge in [0.1, 0.15) is 0 Å². The number of hydrogen-bond donors (Lipinski definition) is 2. The van der Waals surface area contributed by atoms with E-state index in [1.165, 1.54) is 16.9 Å². The molecule has 1 fully saturated rings. The van der Waals surface area contributed by atoms with Crippen LogP contribution < -0.4 is 16.2 Å². The van der Waals surface area contributed by atoms with E-state index in [0.29, 0.717) is 24.1 Å². The normalized spacial score (nSPS) is 21.6. The van der Waals surface area contributed by atoms with E-state index in [4.69, 9.17) is 4.74 Å². The Balaban J connectivity index is 1.86. The maximum absolute atomic E-state index is 11.9. The van der Waals surface area contributed by atoms with Crippen molar-refractivity contribution in [3.05, 3.63) is 22.6 Å². The average molecular weight is 308 g/mol. The molecular weight excluding hydrogens is 284 g/mol. The minimum atomic E-state index is -0.330. The standard InChI is InChI=1S/C15H24N4O3/c1-10(2)14-11(5-4-6-22-14)8-16-15(21)18-12-7-13(20)19(3)17-9-12/h7,9-11,14H,4-6,8H2,1-3H3,(H2,16,18,21). The second kappa shape index (κ2) is 7.40. The van der Waals surface area contributed by atoms with Crippen molar-refractivity contribution in [1.29, 1.82) is 0 Å². The number of aryl methyl sites for hydroxylation is 1. The fraction of sp³-hybridized carbons (Fsp3) is 0.667. The zero-order chi connectivity index (χ0) is 16.1. The molecular formula is C15H24N4O3. The van der Waals surface area contributed by atoms with Crippen LogP contribution in [-0.2, 0) is 11.8 Å². The van der Waals surface area contributed by atoms with Crippen molar-refractivity contribution in [2.45, 2.75) is 32.8 Å². The van der Waals surface area contributed by atoms with Gasteiger partial charge >= 0.3 is 6.03 Å². The van der Waals surface area contributed by atoms with Crippen molar-refractivity contribution in [3.8, 4) is 0 Å². The molecule has 122 valence electrons. The van der Waals surface area contributed by atoms with Gasteiger partial charge in [0.25, 0.3) is 5.56 Å². The van der Waals surface area contributed by atoms with Crippen LogP contribution >= 0.6 is 0 Å². The first-order valence-corrected chi connectivity index (χ1v) is 7.67. The van der Waals surface area contributed by atoms with Gasteiger partial charge < -0.3 is 15.4 Å². The summed E-state index contributed by atoms with van der Waals surface area (Å²) < 4.78 is 7.01. The second-order valence-electron chi connectivity index (χ2n) is 6.02. The Bertz CT molecular complexity index is 570. The Kier molecular flexibility index (Phi) is 5.54. The van der Waals surface area contributed by atoms with Crippen LogP contribution in [0, 0.1) is 11.8 Å². The van der Waals surface area contributed by atoms with Gasteiger partial charge in [0.2, 0.25) is 0 Å². The smallest absolute Gasteiger partial charge is 0.319 e. The number of rotatable bonds is 4. The van der Waals surface area contributed by atoms with E-state index in [-0.39, 0.29) is 17.7 Å². The summed E-state index contributed by atoms with van der Waals surface area (Å²) in [5.41, 5.74) is 0.124. The quantitative estimate of drug-likeness (QED) is 0.879. The number of ether oxygens (including phenoxy) is 1. The van der Waals surface area contributed by atoms with Crippen LogP contribution in [0.4, 0.5) is 10.5 Å². The van der Waals surface area contributed by atoms with Crippen LogP contribution in [0.1, 0.15) is 26.7 Å². The molecule has 2 amide bonds. The lowest BCUT2D eigenvalue weighted by atomic mass is 9.87. The number of hydrogen-bond acceptors (Lipinski definition) is 4. The number of carbonyl (C=O) groups is 1. The van der Waals surface area contributed by atoms with E-state index in [0.717, 1.165) is 19.4 Å². The number of anilines is 1. The predicted molar refractivity (Wildman–Crippen MR) is 83.8 cm³/mol. The van der Waals surface area contributed by atoms with Crippen molar-refractivity contribution in [1.82, 2.24) is 15.1 Å². The Morgan fingerprint density at radius 1 is 1.55 bits per heavy atom. The van der Waals surface area contributed by atoms with E-state index in [1.54, 1.807) is 7.05 Å². The molecule has 2 rings (SSSR count). The molecule has 0 spiro atoms. The fourth-order valence-corrected chi connectivity index (χ4v) is 2.76. The van der Waals surface area contributed by atoms with Crippen molar-refractivity contribution < 1.29 is 9.53 Å². The molecule has 1 aromatic heterocycles. The van der Waals surface area contributed by atoms with Crippen LogP contribution in [0.2, 0.25) is 0 Å². The van der Waals surface area contributed by atoms with Gasteiger partial charge in [-0.25, -0.2) is 9.48 Å². The molecule has 7 heteroatoms. The second-order valence-corrected chi connectivity index (χ2v) is 6.02. The van der Waals surface area contributed by atoms with Crippen molar-refractivity contribution in [2.75, 3.05) is 18.5 Å². The minimum absolute atomic E-state index is 0.180. The van der Waals surface area contributed by atoms with Gasteiger partial charge in [-0.3, -0.25) is 4.79 Å². The van der Waals surface area contributed by atoms with Gasteiger partial charge in [-0.1, -0.05) is 13.8 Å². The van der Waals surface area contributed by atoms with Gasteiger partial charge in [-0.15, -0.1) is 0 Å². The van der Waals surface area contributed by atoms with Crippen LogP contribution in [0.3, 0.4) is 0 Å². The zero-order valence-corrected chi connectivity index (χ0v) is 13.3. The largest absolute Gasteiger partial charge is 0.378 e. The maximum atomic E-state index is 11.9. The molecule has 0 aromatic carbocycles. The Hall–Kier alpha value is -1.89. The lowest BCUT2D eigenvalue weighted by Crippen LogP contribution is -2.42. The Morgan fingerprint density at radius 2 is 2.32 bits per heavy atom. The molecule has 2 heterocycles. The van der Waals surface area contributed by atoms with Gasteiger partial charge in [-0.2, -0.15) is 5.10 Å². The van der Waals surface area contributed by atoms with Gasteiger partial charge in [0.05, 0.1) is 18.0 Å². The molecule has 1 aliphatic rings. The van der Waals surface area contributed by atoms with Crippen molar-refractivity contribution in [2.24, 2.45) is 18.9 Å². The summed E-state index contributed by atoms with van der Waals surface area (Å²) >= 11 is 0. The molecule has 0 aliphatic carbocycles. The highest BCUT2D eigenvalue weighted by atomic mass is 16.5. The molecule has 0 radical (unpaired) electrons. The number of carbonyl (C=O) groups excluding carboxylic acids is 1. The van der Waals surface area contributed by atoms with Crippen LogP contribution in [0.15, 0.2) is 17.1 Å². The summed E-state index contributed by atoms with van der Waals surface area (Å²) in [5, 5.41) is 9.34. The molecule has 22 heavy (non-hydrogen) atoms. The molecule has 2 atom stereocenters. The number of nitrogens with one attached hydrogen (secondary N) is 2. The van der Waals surface area contributed by atoms with Crippen molar-refractivity contribution >= 4 is 11.7 Å². The van der Waals surface area contributed by atoms with Crippen LogP contribution in [0.25, 0.3) is 0 Å². The molecule has 2 N–H and O–H groups in total. The molecule has 1 aliphatic heterocycles. The third kappa shape index (κ3) is 4.30. The number of nitrogens with zero attached hydrogens (tertiary/aromatic N) is 2. The first-order valence-electron chi connectivity index (χ1n) is 7.67. The summed E-state index contributed by atoms with van der Waals surface area (Å²) in [7, 11) is 1.56. The van der Waals surface area contributed by atoms with E-state index in [2.05, 4.69) is 29.6 Å². The Labute approximate surface area is 130 Å². The highest BCUT2D eigenvalue weighted by Crippen LogP contribution is 2.25. The molecule has 2 unspecified atom stereocenters. The first kappa shape index (κ1) is 16.5.